The molecule has 0 spiro atoms. The fourth-order valence-corrected chi connectivity index (χ4v) is 2.33. The van der Waals surface area contributed by atoms with E-state index in [0.717, 1.165) is 25.7 Å². The summed E-state index contributed by atoms with van der Waals surface area (Å²) in [5.74, 6) is 0.714. The number of hydrogen-bond donors (Lipinski definition) is 3. The van der Waals surface area contributed by atoms with Crippen molar-refractivity contribution in [1.29, 1.82) is 0 Å². The number of nitrogens with one attached hydrogen (secondary N) is 2. The molecule has 0 aromatic rings. The Morgan fingerprint density at radius 1 is 1.29 bits per heavy atom. The third-order valence-corrected chi connectivity index (χ3v) is 3.95. The summed E-state index contributed by atoms with van der Waals surface area (Å²) in [6, 6.07) is 0.555. The van der Waals surface area contributed by atoms with Crippen molar-refractivity contribution in [2.75, 3.05) is 13.1 Å². The van der Waals surface area contributed by atoms with Crippen molar-refractivity contribution in [2.24, 2.45) is 5.92 Å². The zero-order valence-corrected chi connectivity index (χ0v) is 10.7. The number of carbonyl (C=O) groups excluding carboxylic acids is 1. The van der Waals surface area contributed by atoms with Gasteiger partial charge in [-0.15, -0.1) is 0 Å². The second kappa shape index (κ2) is 5.36. The van der Waals surface area contributed by atoms with Crippen LogP contribution in [0.3, 0.4) is 0 Å². The average molecular weight is 240 g/mol. The fraction of sp³-hybridized carbons (Fsp3) is 0.923. The van der Waals surface area contributed by atoms with Crippen LogP contribution in [0, 0.1) is 5.92 Å². The fourth-order valence-electron chi connectivity index (χ4n) is 2.33. The molecule has 0 heterocycles. The van der Waals surface area contributed by atoms with Gasteiger partial charge in [-0.25, -0.2) is 0 Å². The Bertz CT molecular complexity index is 269. The minimum Gasteiger partial charge on any atom is -0.388 e. The van der Waals surface area contributed by atoms with Gasteiger partial charge in [-0.3, -0.25) is 4.79 Å². The smallest absolute Gasteiger partial charge is 0.234 e. The summed E-state index contributed by atoms with van der Waals surface area (Å²) in [7, 11) is 0. The first-order valence-corrected chi connectivity index (χ1v) is 6.80. The molecule has 98 valence electrons. The van der Waals surface area contributed by atoms with Crippen molar-refractivity contribution >= 4 is 5.91 Å². The van der Waals surface area contributed by atoms with Crippen LogP contribution in [0.5, 0.6) is 0 Å². The lowest BCUT2D eigenvalue weighted by Gasteiger charge is -2.34. The Hall–Kier alpha value is -0.610. The van der Waals surface area contributed by atoms with E-state index in [-0.39, 0.29) is 5.91 Å². The van der Waals surface area contributed by atoms with E-state index in [4.69, 9.17) is 0 Å². The van der Waals surface area contributed by atoms with Gasteiger partial charge >= 0.3 is 0 Å². The highest BCUT2D eigenvalue weighted by molar-refractivity contribution is 5.78. The maximum absolute atomic E-state index is 11.5. The zero-order chi connectivity index (χ0) is 12.3. The van der Waals surface area contributed by atoms with Crippen molar-refractivity contribution in [2.45, 2.75) is 57.1 Å². The van der Waals surface area contributed by atoms with E-state index in [9.17, 15) is 9.90 Å². The van der Waals surface area contributed by atoms with E-state index in [1.807, 2.05) is 0 Å². The predicted octanol–water partition coefficient (Wildman–Crippen LogP) is 0.796. The zero-order valence-electron chi connectivity index (χ0n) is 10.7. The minimum absolute atomic E-state index is 0.00365. The molecule has 0 aromatic heterocycles. The van der Waals surface area contributed by atoms with Crippen molar-refractivity contribution in [1.82, 2.24) is 10.6 Å². The summed E-state index contributed by atoms with van der Waals surface area (Å²) in [4.78, 5) is 11.5. The van der Waals surface area contributed by atoms with E-state index in [0.29, 0.717) is 25.0 Å². The van der Waals surface area contributed by atoms with Crippen molar-refractivity contribution in [3.63, 3.8) is 0 Å². The van der Waals surface area contributed by atoms with Crippen LogP contribution in [0.4, 0.5) is 0 Å². The predicted molar refractivity (Wildman–Crippen MR) is 66.6 cm³/mol. The summed E-state index contributed by atoms with van der Waals surface area (Å²) in [5.41, 5.74) is -0.665. The molecular weight excluding hydrogens is 216 g/mol. The van der Waals surface area contributed by atoms with Crippen LogP contribution in [-0.2, 0) is 4.79 Å². The molecule has 2 rings (SSSR count). The van der Waals surface area contributed by atoms with Crippen molar-refractivity contribution < 1.29 is 9.90 Å². The Labute approximate surface area is 103 Å². The van der Waals surface area contributed by atoms with Gasteiger partial charge in [0.25, 0.3) is 0 Å². The molecule has 0 saturated heterocycles. The lowest BCUT2D eigenvalue weighted by atomic mass is 9.79. The largest absolute Gasteiger partial charge is 0.388 e. The first-order valence-electron chi connectivity index (χ1n) is 6.80. The maximum atomic E-state index is 11.5. The lowest BCUT2D eigenvalue weighted by Crippen LogP contribution is -2.47. The molecular formula is C13H24N2O2. The Balaban J connectivity index is 1.63. The molecule has 0 radical (unpaired) electrons. The molecule has 2 aliphatic carbocycles. The summed E-state index contributed by atoms with van der Waals surface area (Å²) < 4.78 is 0. The van der Waals surface area contributed by atoms with Gasteiger partial charge < -0.3 is 15.7 Å². The molecule has 3 N–H and O–H groups in total. The molecule has 2 aliphatic rings. The van der Waals surface area contributed by atoms with E-state index < -0.39 is 5.60 Å². The van der Waals surface area contributed by atoms with Gasteiger partial charge in [0.15, 0.2) is 0 Å². The average Bonchev–Trinajstić information content (AvgIpc) is 3.12. The van der Waals surface area contributed by atoms with Crippen molar-refractivity contribution in [3.8, 4) is 0 Å². The van der Waals surface area contributed by atoms with Crippen molar-refractivity contribution in [3.05, 3.63) is 0 Å². The van der Waals surface area contributed by atoms with E-state index in [1.165, 1.54) is 12.8 Å². The Kier molecular flexibility index (Phi) is 4.05. The minimum atomic E-state index is -0.665. The molecule has 2 fully saturated rings. The van der Waals surface area contributed by atoms with Crippen LogP contribution in [0.25, 0.3) is 0 Å². The van der Waals surface area contributed by atoms with Crippen LogP contribution < -0.4 is 10.6 Å². The topological polar surface area (TPSA) is 61.4 Å². The number of amides is 1. The molecule has 2 saturated carbocycles. The molecule has 4 heteroatoms. The van der Waals surface area contributed by atoms with Gasteiger partial charge in [0, 0.05) is 12.6 Å². The molecule has 0 aliphatic heterocycles. The summed E-state index contributed by atoms with van der Waals surface area (Å²) >= 11 is 0. The highest BCUT2D eigenvalue weighted by Crippen LogP contribution is 2.31. The van der Waals surface area contributed by atoms with Gasteiger partial charge in [-0.1, -0.05) is 6.92 Å². The molecule has 0 atom stereocenters. The van der Waals surface area contributed by atoms with E-state index in [1.54, 1.807) is 0 Å². The summed E-state index contributed by atoms with van der Waals surface area (Å²) in [6.07, 6.45) is 6.12. The number of hydrogen-bond acceptors (Lipinski definition) is 3. The molecule has 1 amide bonds. The van der Waals surface area contributed by atoms with Gasteiger partial charge in [0.05, 0.1) is 12.1 Å². The third-order valence-electron chi connectivity index (χ3n) is 3.95. The number of rotatable bonds is 5. The van der Waals surface area contributed by atoms with E-state index in [2.05, 4.69) is 17.6 Å². The van der Waals surface area contributed by atoms with Gasteiger partial charge in [0.2, 0.25) is 5.91 Å². The lowest BCUT2D eigenvalue weighted by molar-refractivity contribution is -0.122. The molecule has 0 bridgehead atoms. The van der Waals surface area contributed by atoms with Crippen LogP contribution in [-0.4, -0.2) is 35.7 Å². The molecule has 17 heavy (non-hydrogen) atoms. The normalized spacial score (nSPS) is 33.4. The second-order valence-corrected chi connectivity index (χ2v) is 5.84. The molecule has 0 aromatic carbocycles. The van der Waals surface area contributed by atoms with Crippen LogP contribution in [0.2, 0.25) is 0 Å². The summed E-state index contributed by atoms with van der Waals surface area (Å²) in [5, 5.41) is 16.3. The first kappa shape index (κ1) is 12.8. The standard InChI is InChI=1S/C13H24N2O2/c1-10-4-6-13(17,7-5-10)9-15-12(16)8-14-11-2-3-11/h10-11,14,17H,2-9H2,1H3,(H,15,16). The molecule has 4 nitrogen and oxygen atoms in total. The van der Waals surface area contributed by atoms with Crippen LogP contribution >= 0.6 is 0 Å². The Morgan fingerprint density at radius 3 is 2.53 bits per heavy atom. The first-order chi connectivity index (χ1) is 8.07. The number of aliphatic hydroxyl groups is 1. The molecule has 0 unspecified atom stereocenters. The summed E-state index contributed by atoms with van der Waals surface area (Å²) in [6.45, 7) is 3.01. The van der Waals surface area contributed by atoms with Gasteiger partial charge in [-0.2, -0.15) is 0 Å². The maximum Gasteiger partial charge on any atom is 0.234 e. The second-order valence-electron chi connectivity index (χ2n) is 5.84. The quantitative estimate of drug-likeness (QED) is 0.666. The van der Waals surface area contributed by atoms with Gasteiger partial charge in [0.1, 0.15) is 0 Å². The highest BCUT2D eigenvalue weighted by atomic mass is 16.3. The SMILES string of the molecule is CC1CCC(O)(CNC(=O)CNC2CC2)CC1. The third kappa shape index (κ3) is 4.28. The number of carbonyl (C=O) groups is 1. The van der Waals surface area contributed by atoms with Crippen LogP contribution in [0.1, 0.15) is 45.4 Å². The highest BCUT2D eigenvalue weighted by Gasteiger charge is 2.32. The Morgan fingerprint density at radius 2 is 1.94 bits per heavy atom. The van der Waals surface area contributed by atoms with Gasteiger partial charge in [-0.05, 0) is 44.4 Å². The monoisotopic (exact) mass is 240 g/mol. The van der Waals surface area contributed by atoms with E-state index >= 15 is 0 Å². The van der Waals surface area contributed by atoms with Crippen LogP contribution in [0.15, 0.2) is 0 Å².